The molecule has 37 heavy (non-hydrogen) atoms. The van der Waals surface area contributed by atoms with Crippen LogP contribution >= 0.6 is 8.60 Å². The molecular formula is C23H35N5O8P+. The second kappa shape index (κ2) is 13.8. The van der Waals surface area contributed by atoms with E-state index >= 15 is 0 Å². The van der Waals surface area contributed by atoms with Crippen molar-refractivity contribution in [1.29, 1.82) is 0 Å². The number of aryl methyl sites for hydroxylation is 2. The number of fused-ring (bicyclic) bond motifs is 1. The molecule has 2 aromatic heterocycles. The van der Waals surface area contributed by atoms with E-state index in [2.05, 4.69) is 4.98 Å². The average Bonchev–Trinajstić information content (AvgIpc) is 3.33. The molecule has 2 N–H and O–H groups in total. The van der Waals surface area contributed by atoms with E-state index in [1.165, 1.54) is 11.7 Å². The van der Waals surface area contributed by atoms with Crippen LogP contribution in [0.15, 0.2) is 39.8 Å². The summed E-state index contributed by atoms with van der Waals surface area (Å²) in [5, 5.41) is 0. The second-order valence-corrected chi connectivity index (χ2v) is 9.64. The Kier molecular flexibility index (Phi) is 10.7. The van der Waals surface area contributed by atoms with Gasteiger partial charge in [0, 0.05) is 34.2 Å². The van der Waals surface area contributed by atoms with Crippen molar-refractivity contribution >= 4 is 25.7 Å². The van der Waals surface area contributed by atoms with Gasteiger partial charge in [-0.05, 0) is 18.6 Å². The first-order valence-corrected chi connectivity index (χ1v) is 13.2. The fraction of sp³-hybridized carbons (Fsp3) is 0.565. The Bertz CT molecular complexity index is 1250. The molecule has 3 rings (SSSR count). The smallest absolute Gasteiger partial charge is 0.339 e. The third kappa shape index (κ3) is 7.22. The molecule has 0 radical (unpaired) electrons. The van der Waals surface area contributed by atoms with Crippen LogP contribution in [0, 0.1) is 0 Å². The molecule has 0 aliphatic carbocycles. The van der Waals surface area contributed by atoms with Crippen molar-refractivity contribution < 1.29 is 33.1 Å². The number of rotatable bonds is 14. The molecule has 1 aliphatic heterocycles. The number of carbonyl (C=O) groups is 1. The summed E-state index contributed by atoms with van der Waals surface area (Å²) in [6.45, 7) is 3.69. The van der Waals surface area contributed by atoms with Gasteiger partial charge < -0.3 is 32.9 Å². The third-order valence-corrected chi connectivity index (χ3v) is 6.75. The summed E-state index contributed by atoms with van der Waals surface area (Å²) in [5.74, 6) is -0.499. The minimum absolute atomic E-state index is 0.0609. The van der Waals surface area contributed by atoms with Crippen LogP contribution in [0.25, 0.3) is 11.2 Å². The molecule has 3 heterocycles. The highest BCUT2D eigenvalue weighted by Crippen LogP contribution is 2.31. The molecule has 1 aliphatic rings. The number of hydrogen-bond acceptors (Lipinski definition) is 9. The molecule has 0 spiro atoms. The Morgan fingerprint density at radius 3 is 2.78 bits per heavy atom. The number of ether oxygens (including phenoxy) is 2. The zero-order valence-corrected chi connectivity index (χ0v) is 22.5. The number of nitrogens with one attached hydrogen (secondary N) is 1. The van der Waals surface area contributed by atoms with E-state index in [4.69, 9.17) is 18.5 Å². The van der Waals surface area contributed by atoms with E-state index in [9.17, 15) is 19.3 Å². The summed E-state index contributed by atoms with van der Waals surface area (Å²) >= 11 is 0. The molecule has 204 valence electrons. The Morgan fingerprint density at radius 1 is 1.30 bits per heavy atom. The van der Waals surface area contributed by atoms with E-state index in [0.717, 1.165) is 15.9 Å². The van der Waals surface area contributed by atoms with E-state index in [0.29, 0.717) is 42.8 Å². The first kappa shape index (κ1) is 28.9. The van der Waals surface area contributed by atoms with Crippen molar-refractivity contribution in [2.75, 3.05) is 40.5 Å². The van der Waals surface area contributed by atoms with Gasteiger partial charge in [-0.2, -0.15) is 0 Å². The van der Waals surface area contributed by atoms with Gasteiger partial charge in [-0.25, -0.2) is 14.6 Å². The van der Waals surface area contributed by atoms with Gasteiger partial charge in [0.2, 0.25) is 0 Å². The zero-order chi connectivity index (χ0) is 26.9. The van der Waals surface area contributed by atoms with E-state index in [1.807, 2.05) is 13.1 Å². The lowest BCUT2D eigenvalue weighted by Crippen LogP contribution is -3.08. The van der Waals surface area contributed by atoms with Crippen LogP contribution in [0.4, 0.5) is 0 Å². The lowest BCUT2D eigenvalue weighted by Gasteiger charge is -2.22. The fourth-order valence-electron chi connectivity index (χ4n) is 4.04. The molecular weight excluding hydrogens is 505 g/mol. The number of esters is 1. The Hall–Kier alpha value is -2.67. The highest BCUT2D eigenvalue weighted by atomic mass is 31.2. The first-order chi connectivity index (χ1) is 17.8. The molecule has 14 heteroatoms. The molecule has 0 saturated carbocycles. The molecule has 0 aromatic carbocycles. The Balaban J connectivity index is 1.56. The molecule has 0 saturated heterocycles. The normalized spacial score (nSPS) is 17.1. The summed E-state index contributed by atoms with van der Waals surface area (Å²) < 4.78 is 24.8. The summed E-state index contributed by atoms with van der Waals surface area (Å²) in [5.41, 5.74) is 0.204. The molecule has 3 atom stereocenters. The van der Waals surface area contributed by atoms with Gasteiger partial charge in [-0.15, -0.1) is 0 Å². The number of methoxy groups -OCH3 is 1. The number of hydrogen-bond donors (Lipinski definition) is 2. The van der Waals surface area contributed by atoms with Crippen LogP contribution in [-0.4, -0.2) is 76.2 Å². The second-order valence-electron chi connectivity index (χ2n) is 8.54. The number of nitrogens with zero attached hydrogens (tertiary/aromatic N) is 4. The number of quaternary nitrogens is 1. The van der Waals surface area contributed by atoms with Gasteiger partial charge in [0.1, 0.15) is 13.2 Å². The maximum absolute atomic E-state index is 13.0. The monoisotopic (exact) mass is 540 g/mol. The van der Waals surface area contributed by atoms with E-state index < -0.39 is 25.8 Å². The quantitative estimate of drug-likeness (QED) is 0.239. The predicted octanol–water partition coefficient (Wildman–Crippen LogP) is -0.524. The van der Waals surface area contributed by atoms with Crippen LogP contribution in [0.3, 0.4) is 0 Å². The third-order valence-electron chi connectivity index (χ3n) is 6.07. The SMILES string of the molecule is CCCn1cnc2c1c(=O)n(CCOC(=O)C1=CC=C[NH+](CC[C@@H](COP(O)OC)OC)C1)c(=O)n2C. The van der Waals surface area contributed by atoms with Crippen molar-refractivity contribution in [1.82, 2.24) is 18.7 Å². The van der Waals surface area contributed by atoms with Crippen molar-refractivity contribution in [3.05, 3.63) is 51.1 Å². The Morgan fingerprint density at radius 2 is 2.08 bits per heavy atom. The topological polar surface area (TPSA) is 140 Å². The van der Waals surface area contributed by atoms with Gasteiger partial charge in [0.15, 0.2) is 11.2 Å². The van der Waals surface area contributed by atoms with Crippen LogP contribution < -0.4 is 16.1 Å². The maximum Gasteiger partial charge on any atom is 0.339 e. The maximum atomic E-state index is 13.0. The van der Waals surface area contributed by atoms with Gasteiger partial charge in [-0.3, -0.25) is 13.9 Å². The van der Waals surface area contributed by atoms with Crippen molar-refractivity contribution in [2.45, 2.75) is 39.0 Å². The van der Waals surface area contributed by atoms with Gasteiger partial charge in [0.25, 0.3) is 5.56 Å². The highest BCUT2D eigenvalue weighted by molar-refractivity contribution is 7.40. The Labute approximate surface area is 215 Å². The summed E-state index contributed by atoms with van der Waals surface area (Å²) in [7, 11) is 2.58. The van der Waals surface area contributed by atoms with Crippen molar-refractivity contribution in [3.8, 4) is 0 Å². The minimum Gasteiger partial charge on any atom is -0.460 e. The van der Waals surface area contributed by atoms with Crippen molar-refractivity contribution in [3.63, 3.8) is 0 Å². The molecule has 2 aromatic rings. The standard InChI is InChI=1S/C23H34N5O8P/c1-5-9-27-16-24-20-19(27)21(29)28(23(31)25(20)2)12-13-35-22(30)17-7-6-10-26(14-17)11-8-18(33-3)15-36-37(32)34-4/h6-7,10,16,18,32H,5,8-9,11-15H2,1-4H3/p+1/t18-,37?/m0/s1. The first-order valence-electron chi connectivity index (χ1n) is 12.0. The van der Waals surface area contributed by atoms with Crippen LogP contribution in [0.1, 0.15) is 19.8 Å². The molecule has 13 nitrogen and oxygen atoms in total. The molecule has 0 fully saturated rings. The van der Waals surface area contributed by atoms with Crippen LogP contribution in [-0.2, 0) is 43.5 Å². The summed E-state index contributed by atoms with van der Waals surface area (Å²) in [6.07, 6.45) is 8.19. The highest BCUT2D eigenvalue weighted by Gasteiger charge is 2.22. The fourth-order valence-corrected chi connectivity index (χ4v) is 4.44. The number of allylic oxidation sites excluding steroid dienone is 2. The van der Waals surface area contributed by atoms with Gasteiger partial charge >= 0.3 is 20.3 Å². The predicted molar refractivity (Wildman–Crippen MR) is 136 cm³/mol. The molecule has 0 amide bonds. The van der Waals surface area contributed by atoms with Crippen LogP contribution in [0.2, 0.25) is 0 Å². The van der Waals surface area contributed by atoms with Crippen LogP contribution in [0.5, 0.6) is 0 Å². The minimum atomic E-state index is -1.91. The summed E-state index contributed by atoms with van der Waals surface area (Å²) in [6, 6.07) is 0. The largest absolute Gasteiger partial charge is 0.460 e. The summed E-state index contributed by atoms with van der Waals surface area (Å²) in [4.78, 5) is 53.1. The van der Waals surface area contributed by atoms with Crippen molar-refractivity contribution in [2.24, 2.45) is 7.05 Å². The van der Waals surface area contributed by atoms with Gasteiger partial charge in [-0.1, -0.05) is 6.92 Å². The van der Waals surface area contributed by atoms with Gasteiger partial charge in [0.05, 0.1) is 43.9 Å². The lowest BCUT2D eigenvalue weighted by atomic mass is 10.1. The number of aromatic nitrogens is 4. The van der Waals surface area contributed by atoms with E-state index in [1.54, 1.807) is 37.2 Å². The number of imidazole rings is 1. The molecule has 2 unspecified atom stereocenters. The number of carbonyl (C=O) groups excluding carboxylic acids is 1. The van der Waals surface area contributed by atoms with E-state index in [-0.39, 0.29) is 25.9 Å². The zero-order valence-electron chi connectivity index (χ0n) is 21.6. The average molecular weight is 541 g/mol. The molecule has 0 bridgehead atoms. The lowest BCUT2D eigenvalue weighted by molar-refractivity contribution is -0.842.